The molecule has 1 aromatic rings. The molecule has 1 heteroatoms. The van der Waals surface area contributed by atoms with E-state index in [-0.39, 0.29) is 7.92 Å². The molecule has 0 fully saturated rings. The van der Waals surface area contributed by atoms with Gasteiger partial charge in [-0.3, -0.25) is 0 Å². The molecule has 0 amide bonds. The molecule has 0 nitrogen and oxygen atoms in total. The Hall–Kier alpha value is -1.91. The second-order valence-electron chi connectivity index (χ2n) is 8.34. The van der Waals surface area contributed by atoms with E-state index in [0.717, 1.165) is 5.92 Å². The van der Waals surface area contributed by atoms with Gasteiger partial charge in [0, 0.05) is 11.6 Å². The Bertz CT molecular complexity index is 952. The Labute approximate surface area is 164 Å². The van der Waals surface area contributed by atoms with Crippen LogP contribution in [0.2, 0.25) is 0 Å². The van der Waals surface area contributed by atoms with Crippen LogP contribution < -0.4 is 0 Å². The van der Waals surface area contributed by atoms with Crippen molar-refractivity contribution in [3.8, 4) is 0 Å². The predicted octanol–water partition coefficient (Wildman–Crippen LogP) is 7.38. The second kappa shape index (κ2) is 6.61. The summed E-state index contributed by atoms with van der Waals surface area (Å²) in [4.78, 5) is 0. The molecule has 0 radical (unpaired) electrons. The second-order valence-corrected chi connectivity index (χ2v) is 10.8. The Morgan fingerprint density at radius 2 is 2.04 bits per heavy atom. The van der Waals surface area contributed by atoms with Crippen LogP contribution in [-0.4, -0.2) is 5.66 Å². The summed E-state index contributed by atoms with van der Waals surface area (Å²) in [5.74, 6) is 1.24. The number of hydrogen-bond acceptors (Lipinski definition) is 0. The minimum Gasteiger partial charge on any atom is -0.0984 e. The molecule has 1 aromatic carbocycles. The van der Waals surface area contributed by atoms with Crippen molar-refractivity contribution in [3.63, 3.8) is 0 Å². The third-order valence-electron chi connectivity index (χ3n) is 6.64. The van der Waals surface area contributed by atoms with Gasteiger partial charge >= 0.3 is 0 Å². The molecule has 1 aliphatic heterocycles. The van der Waals surface area contributed by atoms with Crippen LogP contribution in [0.4, 0.5) is 0 Å². The minimum absolute atomic E-state index is 0.386. The van der Waals surface area contributed by atoms with Gasteiger partial charge in [0.05, 0.1) is 0 Å². The van der Waals surface area contributed by atoms with Gasteiger partial charge in [-0.2, -0.15) is 0 Å². The average molecular weight is 370 g/mol. The smallest absolute Gasteiger partial charge is 0.0209 e. The quantitative estimate of drug-likeness (QED) is 0.376. The Morgan fingerprint density at radius 3 is 2.89 bits per heavy atom. The zero-order valence-electron chi connectivity index (χ0n) is 16.1. The van der Waals surface area contributed by atoms with Gasteiger partial charge in [-0.1, -0.05) is 74.7 Å². The zero-order chi connectivity index (χ0) is 18.5. The lowest BCUT2D eigenvalue weighted by Crippen LogP contribution is -2.20. The van der Waals surface area contributed by atoms with Gasteiger partial charge in [-0.05, 0) is 78.0 Å². The maximum atomic E-state index is 4.44. The lowest BCUT2D eigenvalue weighted by Gasteiger charge is -2.31. The lowest BCUT2D eigenvalue weighted by molar-refractivity contribution is 0.591. The highest BCUT2D eigenvalue weighted by Gasteiger charge is 2.46. The molecule has 5 rings (SSSR count). The highest BCUT2D eigenvalue weighted by molar-refractivity contribution is 7.68. The lowest BCUT2D eigenvalue weighted by atomic mass is 9.75. The number of fused-ring (bicyclic) bond motifs is 5. The van der Waals surface area contributed by atoms with E-state index in [9.17, 15) is 0 Å². The minimum atomic E-state index is -0.386. The summed E-state index contributed by atoms with van der Waals surface area (Å²) in [6.07, 6.45) is 16.6. The summed E-state index contributed by atoms with van der Waals surface area (Å²) in [7, 11) is -0.386. The van der Waals surface area contributed by atoms with E-state index in [1.165, 1.54) is 42.1 Å². The molecule has 0 bridgehead atoms. The standard InChI is InChI=1S/C26H27P/c1-4-18(3)27-23-14-12-19-9-5-6-10-21(19)25(23)26-22-11-7-8-17(2)16-20(22)13-15-24(26)27/h4-7,9-11,13,15,17,24,26H,1,3,8,12,14,16H2,2H3/t17-,24?,26?,27?/m0/s1. The molecule has 4 atom stereocenters. The summed E-state index contributed by atoms with van der Waals surface area (Å²) >= 11 is 0. The van der Waals surface area contributed by atoms with E-state index in [1.807, 2.05) is 6.08 Å². The molecule has 27 heavy (non-hydrogen) atoms. The monoisotopic (exact) mass is 370 g/mol. The molecular formula is C26H27P. The zero-order valence-corrected chi connectivity index (χ0v) is 17.0. The van der Waals surface area contributed by atoms with Crippen molar-refractivity contribution >= 4 is 13.5 Å². The van der Waals surface area contributed by atoms with Crippen LogP contribution in [0.1, 0.15) is 37.3 Å². The summed E-state index contributed by atoms with van der Waals surface area (Å²) in [6.45, 7) is 10.9. The van der Waals surface area contributed by atoms with Crippen molar-refractivity contribution in [2.75, 3.05) is 0 Å². The molecule has 3 unspecified atom stereocenters. The molecule has 0 spiro atoms. The number of aryl methyl sites for hydroxylation is 1. The maximum Gasteiger partial charge on any atom is 0.0209 e. The normalized spacial score (nSPS) is 31.0. The van der Waals surface area contributed by atoms with E-state index in [0.29, 0.717) is 11.6 Å². The van der Waals surface area contributed by atoms with Crippen molar-refractivity contribution in [1.82, 2.24) is 0 Å². The summed E-state index contributed by atoms with van der Waals surface area (Å²) in [5.41, 5.74) is 8.36. The molecule has 0 aromatic heterocycles. The number of benzene rings is 1. The first-order valence-corrected chi connectivity index (χ1v) is 11.6. The van der Waals surface area contributed by atoms with Crippen LogP contribution in [0.5, 0.6) is 0 Å². The van der Waals surface area contributed by atoms with Crippen molar-refractivity contribution < 1.29 is 0 Å². The van der Waals surface area contributed by atoms with Gasteiger partial charge in [0.2, 0.25) is 0 Å². The van der Waals surface area contributed by atoms with E-state index in [4.69, 9.17) is 0 Å². The van der Waals surface area contributed by atoms with Gasteiger partial charge in [0.1, 0.15) is 0 Å². The molecule has 1 heterocycles. The van der Waals surface area contributed by atoms with Gasteiger partial charge in [0.15, 0.2) is 0 Å². The molecule has 0 N–H and O–H groups in total. The topological polar surface area (TPSA) is 0 Å². The van der Waals surface area contributed by atoms with Gasteiger partial charge < -0.3 is 0 Å². The van der Waals surface area contributed by atoms with Crippen LogP contribution in [0.3, 0.4) is 0 Å². The fourth-order valence-electron chi connectivity index (χ4n) is 5.43. The maximum absolute atomic E-state index is 4.44. The third kappa shape index (κ3) is 2.61. The highest BCUT2D eigenvalue weighted by Crippen LogP contribution is 2.72. The fourth-order valence-corrected chi connectivity index (χ4v) is 8.46. The first kappa shape index (κ1) is 17.2. The average Bonchev–Trinajstić information content (AvgIpc) is 2.91. The fraction of sp³-hybridized carbons (Fsp3) is 0.308. The van der Waals surface area contributed by atoms with Gasteiger partial charge in [-0.15, -0.1) is 0 Å². The molecular weight excluding hydrogens is 343 g/mol. The first-order valence-electron chi connectivity index (χ1n) is 10.2. The Balaban J connectivity index is 1.73. The van der Waals surface area contributed by atoms with E-state index in [2.05, 4.69) is 68.7 Å². The first-order chi connectivity index (χ1) is 13.2. The van der Waals surface area contributed by atoms with Crippen molar-refractivity contribution in [1.29, 1.82) is 0 Å². The van der Waals surface area contributed by atoms with Gasteiger partial charge in [-0.25, -0.2) is 0 Å². The van der Waals surface area contributed by atoms with E-state index >= 15 is 0 Å². The molecule has 0 saturated carbocycles. The van der Waals surface area contributed by atoms with Crippen molar-refractivity contribution in [2.45, 2.75) is 38.3 Å². The predicted molar refractivity (Wildman–Crippen MR) is 119 cm³/mol. The van der Waals surface area contributed by atoms with E-state index in [1.54, 1.807) is 22.0 Å². The number of rotatable bonds is 2. The summed E-state index contributed by atoms with van der Waals surface area (Å²) < 4.78 is 0. The number of hydrogen-bond donors (Lipinski definition) is 0. The molecule has 3 aliphatic carbocycles. The van der Waals surface area contributed by atoms with Gasteiger partial charge in [0.25, 0.3) is 0 Å². The Kier molecular flexibility index (Phi) is 4.21. The highest BCUT2D eigenvalue weighted by atomic mass is 31.1. The summed E-state index contributed by atoms with van der Waals surface area (Å²) in [6, 6.07) is 9.10. The SMILES string of the molecule is C=CC(=C)P1C2=C(c3ccccc3CC2)C2C3=C(C=CC21)C[C@@H](C)CC=C3. The van der Waals surface area contributed by atoms with Crippen molar-refractivity contribution in [3.05, 3.63) is 101 Å². The third-order valence-corrected chi connectivity index (χ3v) is 9.55. The van der Waals surface area contributed by atoms with E-state index < -0.39 is 0 Å². The number of allylic oxidation sites excluding steroid dienone is 10. The Morgan fingerprint density at radius 1 is 1.19 bits per heavy atom. The molecule has 4 aliphatic rings. The molecule has 0 saturated heterocycles. The summed E-state index contributed by atoms with van der Waals surface area (Å²) in [5, 5.41) is 2.94. The van der Waals surface area contributed by atoms with Crippen LogP contribution in [0.15, 0.2) is 89.6 Å². The molecule has 136 valence electrons. The van der Waals surface area contributed by atoms with Crippen molar-refractivity contribution in [2.24, 2.45) is 11.8 Å². The van der Waals surface area contributed by atoms with Crippen LogP contribution >= 0.6 is 7.92 Å². The van der Waals surface area contributed by atoms with Crippen LogP contribution in [0.25, 0.3) is 5.57 Å². The van der Waals surface area contributed by atoms with Crippen LogP contribution in [0, 0.1) is 11.8 Å². The van der Waals surface area contributed by atoms with Crippen LogP contribution in [-0.2, 0) is 6.42 Å². The largest absolute Gasteiger partial charge is 0.0984 e.